The summed E-state index contributed by atoms with van der Waals surface area (Å²) in [4.78, 5) is 8.95. The van der Waals surface area contributed by atoms with Gasteiger partial charge in [-0.3, -0.25) is 9.67 Å². The van der Waals surface area contributed by atoms with E-state index in [9.17, 15) is 0 Å². The summed E-state index contributed by atoms with van der Waals surface area (Å²) in [6.45, 7) is 2.43. The average Bonchev–Trinajstić information content (AvgIpc) is 2.97. The molecule has 19 heavy (non-hydrogen) atoms. The molecule has 0 aliphatic heterocycles. The van der Waals surface area contributed by atoms with Crippen molar-refractivity contribution in [2.75, 3.05) is 6.54 Å². The van der Waals surface area contributed by atoms with Gasteiger partial charge in [0.1, 0.15) is 0 Å². The summed E-state index contributed by atoms with van der Waals surface area (Å²) in [5.41, 5.74) is 2.83. The van der Waals surface area contributed by atoms with E-state index in [0.29, 0.717) is 0 Å². The summed E-state index contributed by atoms with van der Waals surface area (Å²) in [6.07, 6.45) is 5.57. The van der Waals surface area contributed by atoms with Crippen LogP contribution in [-0.4, -0.2) is 26.3 Å². The van der Waals surface area contributed by atoms with Gasteiger partial charge in [0, 0.05) is 25.5 Å². The van der Waals surface area contributed by atoms with Crippen LogP contribution < -0.4 is 5.32 Å². The van der Waals surface area contributed by atoms with Crippen molar-refractivity contribution < 1.29 is 0 Å². The van der Waals surface area contributed by atoms with Gasteiger partial charge in [0.05, 0.1) is 29.5 Å². The fraction of sp³-hybridized carbons (Fsp3) is 0.214. The van der Waals surface area contributed by atoms with Gasteiger partial charge in [-0.1, -0.05) is 12.1 Å². The summed E-state index contributed by atoms with van der Waals surface area (Å²) < 4.78 is 1.90. The quantitative estimate of drug-likeness (QED) is 0.702. The van der Waals surface area contributed by atoms with Crippen molar-refractivity contribution in [1.82, 2.24) is 25.1 Å². The molecule has 1 N–H and O–H groups in total. The molecule has 0 saturated carbocycles. The zero-order valence-electron chi connectivity index (χ0n) is 10.5. The molecule has 5 heteroatoms. The summed E-state index contributed by atoms with van der Waals surface area (Å²) in [6, 6.07) is 9.83. The Kier molecular flexibility index (Phi) is 3.47. The van der Waals surface area contributed by atoms with E-state index in [0.717, 1.165) is 36.4 Å². The molecule has 96 valence electrons. The van der Waals surface area contributed by atoms with Gasteiger partial charge in [-0.25, -0.2) is 4.98 Å². The molecular weight excluding hydrogens is 238 g/mol. The molecule has 0 saturated heterocycles. The minimum atomic E-state index is 0.721. The third-order valence-corrected chi connectivity index (χ3v) is 2.88. The molecule has 0 fully saturated rings. The number of benzene rings is 1. The van der Waals surface area contributed by atoms with Gasteiger partial charge >= 0.3 is 0 Å². The lowest BCUT2D eigenvalue weighted by atomic mass is 10.3. The first-order valence-corrected chi connectivity index (χ1v) is 6.30. The monoisotopic (exact) mass is 253 g/mol. The van der Waals surface area contributed by atoms with Crippen LogP contribution in [0.4, 0.5) is 0 Å². The highest BCUT2D eigenvalue weighted by Crippen LogP contribution is 2.07. The minimum Gasteiger partial charge on any atom is -0.309 e. The van der Waals surface area contributed by atoms with Crippen LogP contribution in [0.5, 0.6) is 0 Å². The molecule has 0 aliphatic rings. The molecule has 0 atom stereocenters. The van der Waals surface area contributed by atoms with Crippen LogP contribution >= 0.6 is 0 Å². The van der Waals surface area contributed by atoms with Gasteiger partial charge in [0.15, 0.2) is 0 Å². The highest BCUT2D eigenvalue weighted by Gasteiger charge is 1.99. The topological polar surface area (TPSA) is 55.6 Å². The predicted molar refractivity (Wildman–Crippen MR) is 73.5 cm³/mol. The highest BCUT2D eigenvalue weighted by molar-refractivity contribution is 5.73. The summed E-state index contributed by atoms with van der Waals surface area (Å²) >= 11 is 0. The van der Waals surface area contributed by atoms with Gasteiger partial charge in [0.25, 0.3) is 0 Å². The summed E-state index contributed by atoms with van der Waals surface area (Å²) in [5, 5.41) is 7.49. The van der Waals surface area contributed by atoms with E-state index in [1.165, 1.54) is 0 Å². The normalized spacial score (nSPS) is 10.9. The van der Waals surface area contributed by atoms with E-state index in [-0.39, 0.29) is 0 Å². The maximum absolute atomic E-state index is 4.56. The second kappa shape index (κ2) is 5.58. The number of rotatable bonds is 5. The largest absolute Gasteiger partial charge is 0.309 e. The number of hydrogen-bond acceptors (Lipinski definition) is 4. The Balaban J connectivity index is 1.56. The molecule has 0 spiro atoms. The highest BCUT2D eigenvalue weighted by atomic mass is 15.3. The number of nitrogens with one attached hydrogen (secondary N) is 1. The summed E-state index contributed by atoms with van der Waals surface area (Å²) in [7, 11) is 0. The van der Waals surface area contributed by atoms with Crippen LogP contribution in [0.25, 0.3) is 11.0 Å². The van der Waals surface area contributed by atoms with Crippen molar-refractivity contribution in [3.05, 3.63) is 54.6 Å². The third-order valence-electron chi connectivity index (χ3n) is 2.88. The lowest BCUT2D eigenvalue weighted by molar-refractivity contribution is 0.551. The molecule has 0 unspecified atom stereocenters. The minimum absolute atomic E-state index is 0.721. The van der Waals surface area contributed by atoms with Crippen LogP contribution in [0.15, 0.2) is 48.9 Å². The Morgan fingerprint density at radius 2 is 2.00 bits per heavy atom. The van der Waals surface area contributed by atoms with E-state index >= 15 is 0 Å². The van der Waals surface area contributed by atoms with Crippen LogP contribution in [0.1, 0.15) is 5.69 Å². The Morgan fingerprint density at radius 3 is 2.84 bits per heavy atom. The molecule has 2 aromatic heterocycles. The zero-order chi connectivity index (χ0) is 12.9. The Morgan fingerprint density at radius 1 is 1.11 bits per heavy atom. The second-order valence-electron chi connectivity index (χ2n) is 4.30. The van der Waals surface area contributed by atoms with E-state index in [2.05, 4.69) is 20.4 Å². The molecule has 1 aromatic carbocycles. The Labute approximate surface area is 111 Å². The smallest absolute Gasteiger partial charge is 0.0890 e. The van der Waals surface area contributed by atoms with Gasteiger partial charge in [-0.05, 0) is 18.2 Å². The number of hydrogen-bond donors (Lipinski definition) is 1. The van der Waals surface area contributed by atoms with Gasteiger partial charge < -0.3 is 5.32 Å². The van der Waals surface area contributed by atoms with E-state index in [1.54, 1.807) is 6.20 Å². The number of aromatic nitrogens is 4. The molecule has 0 bridgehead atoms. The van der Waals surface area contributed by atoms with Crippen molar-refractivity contribution in [1.29, 1.82) is 0 Å². The van der Waals surface area contributed by atoms with Crippen molar-refractivity contribution in [3.63, 3.8) is 0 Å². The molecule has 0 radical (unpaired) electrons. The van der Waals surface area contributed by atoms with E-state index < -0.39 is 0 Å². The fourth-order valence-electron chi connectivity index (χ4n) is 1.92. The second-order valence-corrected chi connectivity index (χ2v) is 4.30. The lowest BCUT2D eigenvalue weighted by Gasteiger charge is -2.05. The zero-order valence-corrected chi connectivity index (χ0v) is 10.5. The first-order chi connectivity index (χ1) is 9.42. The van der Waals surface area contributed by atoms with Crippen molar-refractivity contribution in [2.45, 2.75) is 13.1 Å². The van der Waals surface area contributed by atoms with Gasteiger partial charge in [-0.2, -0.15) is 5.10 Å². The average molecular weight is 253 g/mol. The van der Waals surface area contributed by atoms with Crippen molar-refractivity contribution >= 4 is 11.0 Å². The molecule has 5 nitrogen and oxygen atoms in total. The van der Waals surface area contributed by atoms with Crippen LogP contribution in [0, 0.1) is 0 Å². The summed E-state index contributed by atoms with van der Waals surface area (Å²) in [5.74, 6) is 0. The van der Waals surface area contributed by atoms with E-state index in [1.807, 2.05) is 47.4 Å². The van der Waals surface area contributed by atoms with Crippen molar-refractivity contribution in [2.24, 2.45) is 0 Å². The Hall–Kier alpha value is -2.27. The third kappa shape index (κ3) is 2.95. The first-order valence-electron chi connectivity index (χ1n) is 6.30. The molecule has 3 rings (SSSR count). The molecule has 0 aliphatic carbocycles. The first kappa shape index (κ1) is 11.8. The van der Waals surface area contributed by atoms with Crippen LogP contribution in [-0.2, 0) is 13.1 Å². The maximum atomic E-state index is 4.56. The maximum Gasteiger partial charge on any atom is 0.0890 e. The number of nitrogens with zero attached hydrogens (tertiary/aromatic N) is 4. The van der Waals surface area contributed by atoms with Gasteiger partial charge in [-0.15, -0.1) is 0 Å². The van der Waals surface area contributed by atoms with Gasteiger partial charge in [0.2, 0.25) is 0 Å². The van der Waals surface area contributed by atoms with Crippen LogP contribution in [0.3, 0.4) is 0 Å². The molecule has 2 heterocycles. The number of para-hydroxylation sites is 2. The van der Waals surface area contributed by atoms with Crippen molar-refractivity contribution in [3.8, 4) is 0 Å². The standard InChI is InChI=1S/C14H15N5/c1-2-5-14-13(4-1)16-11-12(18-14)10-15-7-9-19-8-3-6-17-19/h1-6,8,11,15H,7,9-10H2. The van der Waals surface area contributed by atoms with Crippen LogP contribution in [0.2, 0.25) is 0 Å². The lowest BCUT2D eigenvalue weighted by Crippen LogP contribution is -2.20. The molecule has 3 aromatic rings. The molecular formula is C14H15N5. The van der Waals surface area contributed by atoms with E-state index in [4.69, 9.17) is 0 Å². The molecule has 0 amide bonds. The number of fused-ring (bicyclic) bond motifs is 1. The SMILES string of the molecule is c1ccc2nc(CNCCn3cccn3)cnc2c1. The fourth-order valence-corrected chi connectivity index (χ4v) is 1.92. The Bertz CT molecular complexity index is 648. The predicted octanol–water partition coefficient (Wildman–Crippen LogP) is 1.62.